The first-order chi connectivity index (χ1) is 7.54. The van der Waals surface area contributed by atoms with Gasteiger partial charge in [-0.3, -0.25) is 0 Å². The van der Waals surface area contributed by atoms with Crippen LogP contribution in [0.25, 0.3) is 0 Å². The van der Waals surface area contributed by atoms with Crippen molar-refractivity contribution in [3.05, 3.63) is 11.7 Å². The number of aryl methyl sites for hydroxylation is 1. The van der Waals surface area contributed by atoms with Gasteiger partial charge in [0.25, 0.3) is 0 Å². The van der Waals surface area contributed by atoms with Crippen LogP contribution >= 0.6 is 0 Å². The molecule has 0 saturated carbocycles. The quantitative estimate of drug-likeness (QED) is 0.808. The lowest BCUT2D eigenvalue weighted by Gasteiger charge is -2.12. The predicted octanol–water partition coefficient (Wildman–Crippen LogP) is 2.70. The highest BCUT2D eigenvalue weighted by atomic mass is 16.5. The highest BCUT2D eigenvalue weighted by molar-refractivity contribution is 4.93. The highest BCUT2D eigenvalue weighted by Crippen LogP contribution is 2.20. The SMILES string of the molecule is CC[C@H](C)[C@H](N)c1nc(CCC(C)C)no1. The Kier molecular flexibility index (Phi) is 4.93. The number of hydrogen-bond donors (Lipinski definition) is 1. The van der Waals surface area contributed by atoms with E-state index in [2.05, 4.69) is 37.8 Å². The fraction of sp³-hybridized carbons (Fsp3) is 0.833. The molecule has 0 saturated heterocycles. The third-order valence-corrected chi connectivity index (χ3v) is 2.97. The fourth-order valence-electron chi connectivity index (χ4n) is 1.42. The van der Waals surface area contributed by atoms with Crippen LogP contribution in [0.5, 0.6) is 0 Å². The lowest BCUT2D eigenvalue weighted by atomic mass is 10.0. The van der Waals surface area contributed by atoms with Crippen LogP contribution in [-0.4, -0.2) is 10.1 Å². The number of hydrogen-bond acceptors (Lipinski definition) is 4. The molecule has 1 aromatic rings. The summed E-state index contributed by atoms with van der Waals surface area (Å²) in [4.78, 5) is 4.35. The van der Waals surface area contributed by atoms with E-state index in [0.29, 0.717) is 17.7 Å². The Morgan fingerprint density at radius 3 is 2.56 bits per heavy atom. The molecule has 1 rings (SSSR count). The second-order valence-corrected chi connectivity index (χ2v) is 4.89. The number of rotatable bonds is 6. The minimum Gasteiger partial charge on any atom is -0.338 e. The van der Waals surface area contributed by atoms with E-state index in [1.54, 1.807) is 0 Å². The first-order valence-electron chi connectivity index (χ1n) is 6.12. The van der Waals surface area contributed by atoms with Crippen molar-refractivity contribution in [1.82, 2.24) is 10.1 Å². The van der Waals surface area contributed by atoms with Crippen molar-refractivity contribution in [3.63, 3.8) is 0 Å². The molecular weight excluding hydrogens is 202 g/mol. The van der Waals surface area contributed by atoms with Gasteiger partial charge in [-0.2, -0.15) is 4.98 Å². The molecule has 0 aliphatic carbocycles. The maximum atomic E-state index is 6.02. The minimum atomic E-state index is -0.134. The summed E-state index contributed by atoms with van der Waals surface area (Å²) in [5.41, 5.74) is 6.02. The molecule has 0 amide bonds. The van der Waals surface area contributed by atoms with Gasteiger partial charge in [-0.1, -0.05) is 39.3 Å². The molecule has 0 aromatic carbocycles. The van der Waals surface area contributed by atoms with Crippen LogP contribution in [0, 0.1) is 11.8 Å². The van der Waals surface area contributed by atoms with Gasteiger partial charge in [0.1, 0.15) is 0 Å². The van der Waals surface area contributed by atoms with Crippen molar-refractivity contribution in [2.24, 2.45) is 17.6 Å². The molecule has 0 radical (unpaired) electrons. The average Bonchev–Trinajstić information content (AvgIpc) is 2.72. The molecule has 0 aliphatic rings. The van der Waals surface area contributed by atoms with Gasteiger partial charge in [-0.05, 0) is 18.3 Å². The number of nitrogens with two attached hydrogens (primary N) is 1. The van der Waals surface area contributed by atoms with Crippen molar-refractivity contribution >= 4 is 0 Å². The van der Waals surface area contributed by atoms with Crippen LogP contribution in [0.4, 0.5) is 0 Å². The topological polar surface area (TPSA) is 64.9 Å². The molecule has 0 fully saturated rings. The van der Waals surface area contributed by atoms with Crippen molar-refractivity contribution in [1.29, 1.82) is 0 Å². The highest BCUT2D eigenvalue weighted by Gasteiger charge is 2.19. The molecule has 0 aliphatic heterocycles. The Bertz CT molecular complexity index is 309. The maximum Gasteiger partial charge on any atom is 0.243 e. The summed E-state index contributed by atoms with van der Waals surface area (Å²) >= 11 is 0. The average molecular weight is 225 g/mol. The van der Waals surface area contributed by atoms with E-state index < -0.39 is 0 Å². The third kappa shape index (κ3) is 3.59. The van der Waals surface area contributed by atoms with E-state index in [0.717, 1.165) is 25.1 Å². The standard InChI is InChI=1S/C12H23N3O/c1-5-9(4)11(13)12-14-10(15-16-12)7-6-8(2)3/h8-9,11H,5-7,13H2,1-4H3/t9-,11-/m0/s1. The third-order valence-electron chi connectivity index (χ3n) is 2.97. The minimum absolute atomic E-state index is 0.134. The second-order valence-electron chi connectivity index (χ2n) is 4.89. The molecule has 4 heteroatoms. The molecule has 0 unspecified atom stereocenters. The summed E-state index contributed by atoms with van der Waals surface area (Å²) < 4.78 is 5.20. The van der Waals surface area contributed by atoms with Crippen molar-refractivity contribution < 1.29 is 4.52 Å². The van der Waals surface area contributed by atoms with E-state index in [-0.39, 0.29) is 6.04 Å². The summed E-state index contributed by atoms with van der Waals surface area (Å²) in [5.74, 6) is 2.39. The molecule has 1 aromatic heterocycles. The summed E-state index contributed by atoms with van der Waals surface area (Å²) in [6, 6.07) is -0.134. The molecule has 92 valence electrons. The van der Waals surface area contributed by atoms with E-state index in [1.807, 2.05) is 0 Å². The number of nitrogens with zero attached hydrogens (tertiary/aromatic N) is 2. The zero-order valence-corrected chi connectivity index (χ0v) is 10.7. The largest absolute Gasteiger partial charge is 0.338 e. The van der Waals surface area contributed by atoms with Crippen molar-refractivity contribution in [2.45, 2.75) is 53.0 Å². The summed E-state index contributed by atoms with van der Waals surface area (Å²) in [7, 11) is 0. The molecule has 0 bridgehead atoms. The lowest BCUT2D eigenvalue weighted by molar-refractivity contribution is 0.310. The Morgan fingerprint density at radius 1 is 1.31 bits per heavy atom. The van der Waals surface area contributed by atoms with Gasteiger partial charge < -0.3 is 10.3 Å². The lowest BCUT2D eigenvalue weighted by Crippen LogP contribution is -2.18. The van der Waals surface area contributed by atoms with Gasteiger partial charge in [0, 0.05) is 6.42 Å². The first kappa shape index (κ1) is 13.2. The van der Waals surface area contributed by atoms with E-state index in [4.69, 9.17) is 10.3 Å². The second kappa shape index (κ2) is 5.99. The zero-order valence-electron chi connectivity index (χ0n) is 10.7. The predicted molar refractivity (Wildman–Crippen MR) is 63.8 cm³/mol. The maximum absolute atomic E-state index is 6.02. The molecule has 2 N–H and O–H groups in total. The molecular formula is C12H23N3O. The molecule has 16 heavy (non-hydrogen) atoms. The Hall–Kier alpha value is -0.900. The van der Waals surface area contributed by atoms with Crippen LogP contribution in [-0.2, 0) is 6.42 Å². The van der Waals surface area contributed by atoms with Gasteiger partial charge in [0.05, 0.1) is 6.04 Å². The molecule has 2 atom stereocenters. The van der Waals surface area contributed by atoms with Gasteiger partial charge in [-0.25, -0.2) is 0 Å². The normalized spacial score (nSPS) is 15.4. The monoisotopic (exact) mass is 225 g/mol. The van der Waals surface area contributed by atoms with Crippen LogP contribution in [0.2, 0.25) is 0 Å². The smallest absolute Gasteiger partial charge is 0.243 e. The van der Waals surface area contributed by atoms with Gasteiger partial charge in [0.15, 0.2) is 5.82 Å². The van der Waals surface area contributed by atoms with Crippen LogP contribution < -0.4 is 5.73 Å². The van der Waals surface area contributed by atoms with Gasteiger partial charge >= 0.3 is 0 Å². The van der Waals surface area contributed by atoms with Crippen LogP contribution in [0.1, 0.15) is 58.3 Å². The summed E-state index contributed by atoms with van der Waals surface area (Å²) in [6.45, 7) is 8.58. The Morgan fingerprint density at radius 2 is 2.00 bits per heavy atom. The molecule has 4 nitrogen and oxygen atoms in total. The van der Waals surface area contributed by atoms with Gasteiger partial charge in [0.2, 0.25) is 5.89 Å². The fourth-order valence-corrected chi connectivity index (χ4v) is 1.42. The Labute approximate surface area is 97.6 Å². The molecule has 0 spiro atoms. The Balaban J connectivity index is 2.57. The van der Waals surface area contributed by atoms with E-state index >= 15 is 0 Å². The van der Waals surface area contributed by atoms with E-state index in [9.17, 15) is 0 Å². The van der Waals surface area contributed by atoms with Crippen molar-refractivity contribution in [3.8, 4) is 0 Å². The summed E-state index contributed by atoms with van der Waals surface area (Å²) in [6.07, 6.45) is 2.97. The summed E-state index contributed by atoms with van der Waals surface area (Å²) in [5, 5.41) is 3.96. The van der Waals surface area contributed by atoms with Gasteiger partial charge in [-0.15, -0.1) is 0 Å². The van der Waals surface area contributed by atoms with Crippen LogP contribution in [0.15, 0.2) is 4.52 Å². The zero-order chi connectivity index (χ0) is 12.1. The number of aromatic nitrogens is 2. The van der Waals surface area contributed by atoms with Crippen LogP contribution in [0.3, 0.4) is 0 Å². The molecule has 1 heterocycles. The first-order valence-corrected chi connectivity index (χ1v) is 6.12. The van der Waals surface area contributed by atoms with E-state index in [1.165, 1.54) is 0 Å². The van der Waals surface area contributed by atoms with Crippen molar-refractivity contribution in [2.75, 3.05) is 0 Å².